The van der Waals surface area contributed by atoms with Crippen molar-refractivity contribution in [1.82, 2.24) is 0 Å². The molecular formula is C14H12BrN3. The summed E-state index contributed by atoms with van der Waals surface area (Å²) >= 11 is 3.44. The minimum Gasteiger partial charge on any atom is -0.397 e. The molecule has 0 aliphatic carbocycles. The number of nitrogen functional groups attached to an aromatic ring is 1. The molecule has 0 spiro atoms. The molecule has 0 aromatic heterocycles. The van der Waals surface area contributed by atoms with Gasteiger partial charge in [-0.3, -0.25) is 0 Å². The lowest BCUT2D eigenvalue weighted by atomic mass is 10.1. The molecule has 0 unspecified atom stereocenters. The summed E-state index contributed by atoms with van der Waals surface area (Å²) in [5, 5.41) is 12.1. The van der Waals surface area contributed by atoms with Crippen molar-refractivity contribution in [3.05, 3.63) is 52.0 Å². The largest absolute Gasteiger partial charge is 0.397 e. The van der Waals surface area contributed by atoms with Crippen LogP contribution in [0.15, 0.2) is 40.9 Å². The molecule has 0 aliphatic heterocycles. The molecule has 0 saturated heterocycles. The van der Waals surface area contributed by atoms with Crippen molar-refractivity contribution in [3.63, 3.8) is 0 Å². The van der Waals surface area contributed by atoms with E-state index in [1.165, 1.54) is 0 Å². The summed E-state index contributed by atoms with van der Waals surface area (Å²) in [5.74, 6) is 0. The zero-order valence-corrected chi connectivity index (χ0v) is 11.5. The van der Waals surface area contributed by atoms with Crippen molar-refractivity contribution in [2.45, 2.75) is 6.92 Å². The summed E-state index contributed by atoms with van der Waals surface area (Å²) in [4.78, 5) is 0. The number of halogens is 1. The van der Waals surface area contributed by atoms with Gasteiger partial charge in [-0.15, -0.1) is 0 Å². The molecule has 0 heterocycles. The summed E-state index contributed by atoms with van der Waals surface area (Å²) in [5.41, 5.74) is 10.1. The number of aryl methyl sites for hydroxylation is 1. The maximum atomic E-state index is 8.82. The van der Waals surface area contributed by atoms with Crippen LogP contribution in [0.4, 0.5) is 17.1 Å². The van der Waals surface area contributed by atoms with E-state index in [-0.39, 0.29) is 0 Å². The molecule has 3 N–H and O–H groups in total. The second-order valence-electron chi connectivity index (χ2n) is 3.97. The first-order valence-corrected chi connectivity index (χ1v) is 6.23. The number of hydrogen-bond acceptors (Lipinski definition) is 3. The van der Waals surface area contributed by atoms with Gasteiger partial charge in [0.25, 0.3) is 0 Å². The monoisotopic (exact) mass is 301 g/mol. The predicted molar refractivity (Wildman–Crippen MR) is 77.7 cm³/mol. The number of nitrogens with one attached hydrogen (secondary N) is 1. The SMILES string of the molecule is Cc1cccc(N)c1Nc1ccc(C#N)cc1Br. The molecule has 18 heavy (non-hydrogen) atoms. The van der Waals surface area contributed by atoms with Crippen LogP contribution in [0.3, 0.4) is 0 Å². The molecule has 2 aromatic carbocycles. The van der Waals surface area contributed by atoms with Crippen LogP contribution in [0, 0.1) is 18.3 Å². The lowest BCUT2D eigenvalue weighted by molar-refractivity contribution is 1.41. The van der Waals surface area contributed by atoms with Crippen molar-refractivity contribution in [3.8, 4) is 6.07 Å². The molecule has 0 amide bonds. The van der Waals surface area contributed by atoms with Gasteiger partial charge in [-0.1, -0.05) is 12.1 Å². The third kappa shape index (κ3) is 2.47. The van der Waals surface area contributed by atoms with E-state index in [2.05, 4.69) is 27.3 Å². The number of rotatable bonds is 2. The Morgan fingerprint density at radius 3 is 2.67 bits per heavy atom. The highest BCUT2D eigenvalue weighted by atomic mass is 79.9. The third-order valence-electron chi connectivity index (χ3n) is 2.66. The fraction of sp³-hybridized carbons (Fsp3) is 0.0714. The Bertz CT molecular complexity index is 609. The topological polar surface area (TPSA) is 61.8 Å². The number of hydrogen-bond donors (Lipinski definition) is 2. The quantitative estimate of drug-likeness (QED) is 0.826. The molecule has 0 radical (unpaired) electrons. The molecule has 2 aromatic rings. The van der Waals surface area contributed by atoms with Crippen LogP contribution in [0.5, 0.6) is 0 Å². The molecule has 4 heteroatoms. The Morgan fingerprint density at radius 1 is 1.28 bits per heavy atom. The number of nitrogens with zero attached hydrogens (tertiary/aromatic N) is 1. The molecular weight excluding hydrogens is 290 g/mol. The van der Waals surface area contributed by atoms with Crippen LogP contribution in [0.2, 0.25) is 0 Å². The van der Waals surface area contributed by atoms with E-state index in [4.69, 9.17) is 11.0 Å². The van der Waals surface area contributed by atoms with Gasteiger partial charge in [0.2, 0.25) is 0 Å². The fourth-order valence-corrected chi connectivity index (χ4v) is 2.16. The zero-order valence-electron chi connectivity index (χ0n) is 9.87. The molecule has 0 fully saturated rings. The van der Waals surface area contributed by atoms with E-state index in [0.717, 1.165) is 21.4 Å². The van der Waals surface area contributed by atoms with Gasteiger partial charge in [0.1, 0.15) is 0 Å². The van der Waals surface area contributed by atoms with E-state index in [1.54, 1.807) is 12.1 Å². The Morgan fingerprint density at radius 2 is 2.06 bits per heavy atom. The van der Waals surface area contributed by atoms with Gasteiger partial charge in [0, 0.05) is 4.47 Å². The van der Waals surface area contributed by atoms with E-state index in [9.17, 15) is 0 Å². The molecule has 0 atom stereocenters. The van der Waals surface area contributed by atoms with Crippen LogP contribution < -0.4 is 11.1 Å². The second-order valence-corrected chi connectivity index (χ2v) is 4.82. The number of nitriles is 1. The Balaban J connectivity index is 2.38. The van der Waals surface area contributed by atoms with Gasteiger partial charge in [-0.2, -0.15) is 5.26 Å². The molecule has 0 bridgehead atoms. The van der Waals surface area contributed by atoms with Gasteiger partial charge in [-0.05, 0) is 52.7 Å². The van der Waals surface area contributed by atoms with Crippen molar-refractivity contribution in [2.24, 2.45) is 0 Å². The lowest BCUT2D eigenvalue weighted by Gasteiger charge is -2.13. The summed E-state index contributed by atoms with van der Waals surface area (Å²) in [6, 6.07) is 13.3. The molecule has 90 valence electrons. The standard InChI is InChI=1S/C14H12BrN3/c1-9-3-2-4-12(17)14(9)18-13-6-5-10(8-16)7-11(13)15/h2-7,18H,17H2,1H3. The van der Waals surface area contributed by atoms with Crippen LogP contribution in [0.1, 0.15) is 11.1 Å². The average molecular weight is 302 g/mol. The number of benzene rings is 2. The first-order valence-electron chi connectivity index (χ1n) is 5.43. The van der Waals surface area contributed by atoms with Crippen LogP contribution >= 0.6 is 15.9 Å². The molecule has 2 rings (SSSR count). The zero-order chi connectivity index (χ0) is 13.1. The molecule has 0 aliphatic rings. The number of nitrogens with two attached hydrogens (primary N) is 1. The Labute approximate surface area is 114 Å². The van der Waals surface area contributed by atoms with Crippen LogP contribution in [0.25, 0.3) is 0 Å². The Hall–Kier alpha value is -1.99. The predicted octanol–water partition coefficient (Wildman–Crippen LogP) is 3.96. The minimum absolute atomic E-state index is 0.616. The highest BCUT2D eigenvalue weighted by Crippen LogP contribution is 2.31. The Kier molecular flexibility index (Phi) is 3.54. The molecule has 0 saturated carbocycles. The van der Waals surface area contributed by atoms with E-state index in [1.807, 2.05) is 31.2 Å². The summed E-state index contributed by atoms with van der Waals surface area (Å²) in [6.07, 6.45) is 0. The first kappa shape index (κ1) is 12.5. The van der Waals surface area contributed by atoms with Gasteiger partial charge >= 0.3 is 0 Å². The van der Waals surface area contributed by atoms with Gasteiger partial charge in [0.05, 0.1) is 28.7 Å². The van der Waals surface area contributed by atoms with Crippen LogP contribution in [-0.2, 0) is 0 Å². The number of para-hydroxylation sites is 1. The van der Waals surface area contributed by atoms with E-state index in [0.29, 0.717) is 11.3 Å². The smallest absolute Gasteiger partial charge is 0.0992 e. The van der Waals surface area contributed by atoms with E-state index < -0.39 is 0 Å². The first-order chi connectivity index (χ1) is 8.61. The number of anilines is 3. The van der Waals surface area contributed by atoms with Crippen molar-refractivity contribution < 1.29 is 0 Å². The van der Waals surface area contributed by atoms with Gasteiger partial charge in [0.15, 0.2) is 0 Å². The second kappa shape index (κ2) is 5.11. The molecule has 3 nitrogen and oxygen atoms in total. The van der Waals surface area contributed by atoms with Gasteiger partial charge < -0.3 is 11.1 Å². The fourth-order valence-electron chi connectivity index (χ4n) is 1.68. The summed E-state index contributed by atoms with van der Waals surface area (Å²) < 4.78 is 0.837. The van der Waals surface area contributed by atoms with Crippen molar-refractivity contribution in [1.29, 1.82) is 5.26 Å². The van der Waals surface area contributed by atoms with Crippen molar-refractivity contribution in [2.75, 3.05) is 11.1 Å². The maximum Gasteiger partial charge on any atom is 0.0992 e. The minimum atomic E-state index is 0.616. The van der Waals surface area contributed by atoms with Crippen LogP contribution in [-0.4, -0.2) is 0 Å². The lowest BCUT2D eigenvalue weighted by Crippen LogP contribution is -1.99. The summed E-state index contributed by atoms with van der Waals surface area (Å²) in [7, 11) is 0. The maximum absolute atomic E-state index is 8.82. The summed E-state index contributed by atoms with van der Waals surface area (Å²) in [6.45, 7) is 2.00. The normalized spacial score (nSPS) is 9.83. The average Bonchev–Trinajstić information content (AvgIpc) is 2.35. The third-order valence-corrected chi connectivity index (χ3v) is 3.32. The highest BCUT2D eigenvalue weighted by Gasteiger charge is 2.06. The van der Waals surface area contributed by atoms with Gasteiger partial charge in [-0.25, -0.2) is 0 Å². The highest BCUT2D eigenvalue weighted by molar-refractivity contribution is 9.10. The van der Waals surface area contributed by atoms with Crippen molar-refractivity contribution >= 4 is 33.0 Å². The van der Waals surface area contributed by atoms with E-state index >= 15 is 0 Å².